The van der Waals surface area contributed by atoms with Gasteiger partial charge in [0.05, 0.1) is 0 Å². The van der Waals surface area contributed by atoms with Gasteiger partial charge in [0.25, 0.3) is 5.91 Å². The first-order valence-corrected chi connectivity index (χ1v) is 8.38. The van der Waals surface area contributed by atoms with E-state index in [1.54, 1.807) is 11.0 Å². The van der Waals surface area contributed by atoms with Crippen molar-refractivity contribution in [2.24, 2.45) is 5.92 Å². The molecule has 2 rings (SSSR count). The van der Waals surface area contributed by atoms with E-state index in [0.717, 1.165) is 23.5 Å². The number of amides is 1. The average Bonchev–Trinajstić information content (AvgIpc) is 2.53. The second kappa shape index (κ2) is 7.90. The van der Waals surface area contributed by atoms with Crippen molar-refractivity contribution >= 4 is 17.5 Å². The Balaban J connectivity index is 2.30. The smallest absolute Gasteiger partial charge is 0.277 e. The van der Waals surface area contributed by atoms with E-state index in [1.165, 1.54) is 0 Å². The third-order valence-electron chi connectivity index (χ3n) is 3.62. The minimum absolute atomic E-state index is 0.110. The summed E-state index contributed by atoms with van der Waals surface area (Å²) in [4.78, 5) is 23.5. The van der Waals surface area contributed by atoms with Crippen molar-refractivity contribution in [2.75, 3.05) is 23.3 Å². The second-order valence-corrected chi connectivity index (χ2v) is 6.38. The van der Waals surface area contributed by atoms with Crippen LogP contribution >= 0.6 is 0 Å². The van der Waals surface area contributed by atoms with Gasteiger partial charge in [-0.25, -0.2) is 9.97 Å². The summed E-state index contributed by atoms with van der Waals surface area (Å²) in [5.41, 5.74) is 3.20. The molecule has 0 unspecified atom stereocenters. The monoisotopic (exact) mass is 326 g/mol. The topological polar surface area (TPSA) is 58.1 Å². The maximum Gasteiger partial charge on any atom is 0.277 e. The number of hydrogen-bond acceptors (Lipinski definition) is 4. The van der Waals surface area contributed by atoms with E-state index >= 15 is 0 Å². The van der Waals surface area contributed by atoms with Gasteiger partial charge in [-0.2, -0.15) is 0 Å². The van der Waals surface area contributed by atoms with Crippen molar-refractivity contribution in [3.8, 4) is 0 Å². The summed E-state index contributed by atoms with van der Waals surface area (Å²) >= 11 is 0. The average molecular weight is 326 g/mol. The molecule has 2 aromatic rings. The van der Waals surface area contributed by atoms with Gasteiger partial charge in [-0.15, -0.1) is 0 Å². The van der Waals surface area contributed by atoms with Crippen molar-refractivity contribution in [2.45, 2.75) is 34.6 Å². The Morgan fingerprint density at radius 2 is 1.96 bits per heavy atom. The number of nitrogens with zero attached hydrogens (tertiary/aromatic N) is 3. The van der Waals surface area contributed by atoms with Gasteiger partial charge in [-0.05, 0) is 50.5 Å². The van der Waals surface area contributed by atoms with Crippen LogP contribution in [0.5, 0.6) is 0 Å². The van der Waals surface area contributed by atoms with Gasteiger partial charge in [-0.3, -0.25) is 4.79 Å². The highest BCUT2D eigenvalue weighted by Crippen LogP contribution is 2.18. The molecule has 0 atom stereocenters. The van der Waals surface area contributed by atoms with Crippen molar-refractivity contribution in [1.29, 1.82) is 0 Å². The minimum atomic E-state index is -0.110. The molecule has 1 N–H and O–H groups in total. The first-order chi connectivity index (χ1) is 11.4. The van der Waals surface area contributed by atoms with Crippen LogP contribution in [-0.4, -0.2) is 29.0 Å². The molecule has 0 radical (unpaired) electrons. The first kappa shape index (κ1) is 17.9. The first-order valence-electron chi connectivity index (χ1n) is 8.38. The summed E-state index contributed by atoms with van der Waals surface area (Å²) in [6.07, 6.45) is 0. The van der Waals surface area contributed by atoms with E-state index in [-0.39, 0.29) is 5.91 Å². The number of hydrogen-bond donors (Lipinski definition) is 1. The Kier molecular flexibility index (Phi) is 5.90. The molecule has 0 saturated heterocycles. The predicted molar refractivity (Wildman–Crippen MR) is 98.6 cm³/mol. The molecule has 1 heterocycles. The Morgan fingerprint density at radius 1 is 1.21 bits per heavy atom. The van der Waals surface area contributed by atoms with E-state index in [1.807, 2.05) is 45.0 Å². The zero-order valence-electron chi connectivity index (χ0n) is 15.1. The molecule has 5 heteroatoms. The van der Waals surface area contributed by atoms with Crippen LogP contribution in [0.3, 0.4) is 0 Å². The summed E-state index contributed by atoms with van der Waals surface area (Å²) in [6.45, 7) is 11.4. The molecule has 0 fully saturated rings. The van der Waals surface area contributed by atoms with Crippen LogP contribution < -0.4 is 10.2 Å². The van der Waals surface area contributed by atoms with E-state index in [9.17, 15) is 4.79 Å². The molecule has 128 valence electrons. The lowest BCUT2D eigenvalue weighted by Gasteiger charge is -2.21. The summed E-state index contributed by atoms with van der Waals surface area (Å²) in [5, 5.41) is 3.19. The second-order valence-electron chi connectivity index (χ2n) is 6.38. The number of nitrogens with one attached hydrogen (secondary N) is 1. The van der Waals surface area contributed by atoms with Crippen LogP contribution in [0.15, 0.2) is 30.3 Å². The largest absolute Gasteiger partial charge is 0.354 e. The minimum Gasteiger partial charge on any atom is -0.354 e. The Bertz CT molecular complexity index is 712. The molecule has 24 heavy (non-hydrogen) atoms. The number of benzene rings is 1. The van der Waals surface area contributed by atoms with E-state index in [0.29, 0.717) is 24.1 Å². The highest BCUT2D eigenvalue weighted by Gasteiger charge is 2.19. The van der Waals surface area contributed by atoms with E-state index in [2.05, 4.69) is 29.1 Å². The van der Waals surface area contributed by atoms with Crippen molar-refractivity contribution in [3.05, 3.63) is 47.3 Å². The summed E-state index contributed by atoms with van der Waals surface area (Å²) in [5.74, 6) is 0.876. The summed E-state index contributed by atoms with van der Waals surface area (Å²) < 4.78 is 0. The maximum absolute atomic E-state index is 12.9. The SMILES string of the molecule is CCN(C(=O)c1cc(C)nc(NCC(C)C)n1)c1cccc(C)c1. The zero-order valence-corrected chi connectivity index (χ0v) is 15.1. The molecular formula is C19H26N4O. The molecule has 1 aromatic carbocycles. The Labute approximate surface area is 144 Å². The number of aryl methyl sites for hydroxylation is 2. The molecule has 0 spiro atoms. The van der Waals surface area contributed by atoms with Crippen LogP contribution in [0.1, 0.15) is 42.5 Å². The quantitative estimate of drug-likeness (QED) is 0.876. The van der Waals surface area contributed by atoms with Gasteiger partial charge < -0.3 is 10.2 Å². The molecule has 5 nitrogen and oxygen atoms in total. The van der Waals surface area contributed by atoms with Crippen molar-refractivity contribution in [1.82, 2.24) is 9.97 Å². The number of rotatable bonds is 6. The van der Waals surface area contributed by atoms with Gasteiger partial charge in [0.15, 0.2) is 0 Å². The predicted octanol–water partition coefficient (Wildman–Crippen LogP) is 3.83. The van der Waals surface area contributed by atoms with Crippen LogP contribution in [0.2, 0.25) is 0 Å². The van der Waals surface area contributed by atoms with Gasteiger partial charge in [0, 0.05) is 24.5 Å². The fourth-order valence-corrected chi connectivity index (χ4v) is 2.43. The maximum atomic E-state index is 12.9. The molecule has 0 aliphatic carbocycles. The molecule has 1 amide bonds. The van der Waals surface area contributed by atoms with Gasteiger partial charge in [0.2, 0.25) is 5.95 Å². The normalized spacial score (nSPS) is 10.8. The zero-order chi connectivity index (χ0) is 17.7. The summed E-state index contributed by atoms with van der Waals surface area (Å²) in [7, 11) is 0. The fraction of sp³-hybridized carbons (Fsp3) is 0.421. The molecule has 1 aromatic heterocycles. The Morgan fingerprint density at radius 3 is 2.58 bits per heavy atom. The number of carbonyl (C=O) groups is 1. The number of carbonyl (C=O) groups excluding carboxylic acids is 1. The molecule has 0 aliphatic rings. The summed E-state index contributed by atoms with van der Waals surface area (Å²) in [6, 6.07) is 9.67. The van der Waals surface area contributed by atoms with Gasteiger partial charge >= 0.3 is 0 Å². The van der Waals surface area contributed by atoms with E-state index in [4.69, 9.17) is 0 Å². The lowest BCUT2D eigenvalue weighted by atomic mass is 10.2. The fourth-order valence-electron chi connectivity index (χ4n) is 2.43. The third-order valence-corrected chi connectivity index (χ3v) is 3.62. The standard InChI is InChI=1S/C19H26N4O/c1-6-23(16-9-7-8-14(4)10-16)18(24)17-11-15(5)21-19(22-17)20-12-13(2)3/h7-11,13H,6,12H2,1-5H3,(H,20,21,22). The van der Waals surface area contributed by atoms with Gasteiger partial charge in [0.1, 0.15) is 5.69 Å². The lowest BCUT2D eigenvalue weighted by molar-refractivity contribution is 0.0983. The van der Waals surface area contributed by atoms with Crippen molar-refractivity contribution in [3.63, 3.8) is 0 Å². The molecule has 0 aliphatic heterocycles. The van der Waals surface area contributed by atoms with Crippen LogP contribution in [-0.2, 0) is 0 Å². The molecular weight excluding hydrogens is 300 g/mol. The number of anilines is 2. The third kappa shape index (κ3) is 4.54. The number of aromatic nitrogens is 2. The molecule has 0 saturated carbocycles. The van der Waals surface area contributed by atoms with E-state index < -0.39 is 0 Å². The highest BCUT2D eigenvalue weighted by atomic mass is 16.2. The van der Waals surface area contributed by atoms with Crippen LogP contribution in [0.4, 0.5) is 11.6 Å². The lowest BCUT2D eigenvalue weighted by Crippen LogP contribution is -2.31. The molecule has 0 bridgehead atoms. The van der Waals surface area contributed by atoms with Crippen LogP contribution in [0, 0.1) is 19.8 Å². The van der Waals surface area contributed by atoms with Crippen LogP contribution in [0.25, 0.3) is 0 Å². The van der Waals surface area contributed by atoms with Crippen molar-refractivity contribution < 1.29 is 4.79 Å². The Hall–Kier alpha value is -2.43. The highest BCUT2D eigenvalue weighted by molar-refractivity contribution is 6.05. The van der Waals surface area contributed by atoms with Gasteiger partial charge in [-0.1, -0.05) is 26.0 Å².